The van der Waals surface area contributed by atoms with Crippen molar-refractivity contribution in [1.82, 2.24) is 9.55 Å². The molecule has 0 saturated heterocycles. The lowest BCUT2D eigenvalue weighted by atomic mass is 10.1. The smallest absolute Gasteiger partial charge is 0.224 e. The number of halogens is 1. The molecule has 0 radical (unpaired) electrons. The van der Waals surface area contributed by atoms with Crippen molar-refractivity contribution < 1.29 is 9.18 Å². The van der Waals surface area contributed by atoms with E-state index in [0.29, 0.717) is 18.5 Å². The first-order valence-electron chi connectivity index (χ1n) is 9.72. The third kappa shape index (κ3) is 4.57. The van der Waals surface area contributed by atoms with Crippen LogP contribution in [0.1, 0.15) is 37.7 Å². The third-order valence-corrected chi connectivity index (χ3v) is 4.96. The highest BCUT2D eigenvalue weighted by molar-refractivity contribution is 5.92. The average Bonchev–Trinajstić information content (AvgIpc) is 2.99. The molecule has 2 aromatic carbocycles. The number of hydrogen-bond acceptors (Lipinski definition) is 3. The zero-order valence-electron chi connectivity index (χ0n) is 16.5. The number of carbonyl (C=O) groups is 1. The first kappa shape index (κ1) is 20.0. The minimum absolute atomic E-state index is 0.0294. The fourth-order valence-corrected chi connectivity index (χ4v) is 3.37. The van der Waals surface area contributed by atoms with Gasteiger partial charge in [-0.1, -0.05) is 12.8 Å². The number of carbonyl (C=O) groups excluding carboxylic acids is 1. The van der Waals surface area contributed by atoms with Gasteiger partial charge in [-0.25, -0.2) is 9.37 Å². The van der Waals surface area contributed by atoms with Gasteiger partial charge in [0.25, 0.3) is 0 Å². The van der Waals surface area contributed by atoms with Gasteiger partial charge in [0.05, 0.1) is 11.0 Å². The molecule has 0 unspecified atom stereocenters. The molecule has 0 saturated carbocycles. The lowest BCUT2D eigenvalue weighted by molar-refractivity contribution is -0.116. The van der Waals surface area contributed by atoms with Crippen LogP contribution in [0, 0.1) is 12.7 Å². The highest BCUT2D eigenvalue weighted by Gasteiger charge is 2.12. The predicted molar refractivity (Wildman–Crippen MR) is 112 cm³/mol. The fraction of sp³-hybridized carbons (Fsp3) is 0.364. The molecule has 3 aromatic rings. The Kier molecular flexibility index (Phi) is 6.41. The second-order valence-corrected chi connectivity index (χ2v) is 7.16. The van der Waals surface area contributed by atoms with Crippen LogP contribution in [-0.2, 0) is 11.8 Å². The number of aromatic nitrogens is 2. The third-order valence-electron chi connectivity index (χ3n) is 4.96. The van der Waals surface area contributed by atoms with Crippen molar-refractivity contribution in [3.05, 3.63) is 47.8 Å². The number of anilines is 1. The summed E-state index contributed by atoms with van der Waals surface area (Å²) < 4.78 is 15.4. The van der Waals surface area contributed by atoms with Crippen molar-refractivity contribution in [3.8, 4) is 11.4 Å². The predicted octanol–water partition coefficient (Wildman–Crippen LogP) is 4.54. The zero-order valence-corrected chi connectivity index (χ0v) is 16.5. The summed E-state index contributed by atoms with van der Waals surface area (Å²) in [7, 11) is 1.91. The van der Waals surface area contributed by atoms with Crippen molar-refractivity contribution >= 4 is 22.6 Å². The number of fused-ring (bicyclic) bond motifs is 1. The van der Waals surface area contributed by atoms with Crippen LogP contribution in [0.5, 0.6) is 0 Å². The van der Waals surface area contributed by atoms with Crippen molar-refractivity contribution in [2.24, 2.45) is 12.8 Å². The van der Waals surface area contributed by atoms with Crippen molar-refractivity contribution in [3.63, 3.8) is 0 Å². The van der Waals surface area contributed by atoms with Crippen LogP contribution >= 0.6 is 0 Å². The Labute approximate surface area is 164 Å². The Balaban J connectivity index is 1.71. The Morgan fingerprint density at radius 3 is 2.68 bits per heavy atom. The number of nitrogens with zero attached hydrogens (tertiary/aromatic N) is 2. The standard InChI is InChI=1S/C22H27FN4O/c1-15-13-16(22-26-19-14-17(23)9-11-20(19)27(22)2)8-10-18(15)25-21(28)7-5-3-4-6-12-24/h8-11,13-14H,3-7,12,24H2,1-2H3,(H,25,28). The Bertz CT molecular complexity index is 980. The maximum absolute atomic E-state index is 13.5. The van der Waals surface area contributed by atoms with Gasteiger partial charge < -0.3 is 15.6 Å². The molecule has 0 atom stereocenters. The second kappa shape index (κ2) is 8.97. The molecule has 0 aliphatic carbocycles. The van der Waals surface area contributed by atoms with Crippen LogP contribution in [0.3, 0.4) is 0 Å². The van der Waals surface area contributed by atoms with Crippen LogP contribution in [-0.4, -0.2) is 22.0 Å². The molecular weight excluding hydrogens is 355 g/mol. The zero-order chi connectivity index (χ0) is 20.1. The molecule has 0 fully saturated rings. The minimum Gasteiger partial charge on any atom is -0.330 e. The summed E-state index contributed by atoms with van der Waals surface area (Å²) in [6, 6.07) is 10.4. The molecule has 0 aliphatic heterocycles. The number of unbranched alkanes of at least 4 members (excludes halogenated alkanes) is 3. The number of amides is 1. The Morgan fingerprint density at radius 2 is 1.93 bits per heavy atom. The van der Waals surface area contributed by atoms with Gasteiger partial charge in [-0.15, -0.1) is 0 Å². The van der Waals surface area contributed by atoms with E-state index in [-0.39, 0.29) is 11.7 Å². The number of nitrogens with one attached hydrogen (secondary N) is 1. The topological polar surface area (TPSA) is 72.9 Å². The Morgan fingerprint density at radius 1 is 1.14 bits per heavy atom. The molecule has 5 nitrogen and oxygen atoms in total. The van der Waals surface area contributed by atoms with Gasteiger partial charge in [0, 0.05) is 30.8 Å². The summed E-state index contributed by atoms with van der Waals surface area (Å²) >= 11 is 0. The summed E-state index contributed by atoms with van der Waals surface area (Å²) in [6.07, 6.45) is 4.49. The first-order valence-corrected chi connectivity index (χ1v) is 9.72. The van der Waals surface area contributed by atoms with Crippen LogP contribution < -0.4 is 11.1 Å². The van der Waals surface area contributed by atoms with Gasteiger partial charge in [-0.05, 0) is 62.2 Å². The lowest BCUT2D eigenvalue weighted by Crippen LogP contribution is -2.12. The monoisotopic (exact) mass is 382 g/mol. The quantitative estimate of drug-likeness (QED) is 0.562. The summed E-state index contributed by atoms with van der Waals surface area (Å²) in [6.45, 7) is 2.67. The van der Waals surface area contributed by atoms with E-state index in [4.69, 9.17) is 5.73 Å². The molecule has 6 heteroatoms. The number of imidazole rings is 1. The number of rotatable bonds is 8. The Hall–Kier alpha value is -2.73. The molecule has 0 aliphatic rings. The molecule has 3 rings (SSSR count). The molecule has 1 heterocycles. The van der Waals surface area contributed by atoms with Crippen LogP contribution in [0.4, 0.5) is 10.1 Å². The van der Waals surface area contributed by atoms with E-state index in [1.54, 1.807) is 6.07 Å². The number of nitrogens with two attached hydrogens (primary N) is 1. The van der Waals surface area contributed by atoms with Crippen molar-refractivity contribution in [2.75, 3.05) is 11.9 Å². The van der Waals surface area contributed by atoms with Gasteiger partial charge in [0.2, 0.25) is 5.91 Å². The van der Waals surface area contributed by atoms with Gasteiger partial charge in [0.15, 0.2) is 0 Å². The average molecular weight is 382 g/mol. The minimum atomic E-state index is -0.297. The fourth-order valence-electron chi connectivity index (χ4n) is 3.37. The van der Waals surface area contributed by atoms with Crippen molar-refractivity contribution in [1.29, 1.82) is 0 Å². The lowest BCUT2D eigenvalue weighted by Gasteiger charge is -2.10. The summed E-state index contributed by atoms with van der Waals surface area (Å²) in [4.78, 5) is 16.7. The molecule has 1 aromatic heterocycles. The number of aryl methyl sites for hydroxylation is 2. The summed E-state index contributed by atoms with van der Waals surface area (Å²) in [5.41, 5.74) is 9.68. The SMILES string of the molecule is Cc1cc(-c2nc3cc(F)ccc3n2C)ccc1NC(=O)CCCCCCN. The number of benzene rings is 2. The molecular formula is C22H27FN4O. The maximum Gasteiger partial charge on any atom is 0.224 e. The van der Waals surface area contributed by atoms with Gasteiger partial charge in [0.1, 0.15) is 11.6 Å². The highest BCUT2D eigenvalue weighted by atomic mass is 19.1. The second-order valence-electron chi connectivity index (χ2n) is 7.16. The summed E-state index contributed by atoms with van der Waals surface area (Å²) in [5.74, 6) is 0.498. The van der Waals surface area contributed by atoms with Crippen LogP contribution in [0.25, 0.3) is 22.4 Å². The molecule has 0 spiro atoms. The molecule has 1 amide bonds. The molecule has 3 N–H and O–H groups in total. The molecule has 148 valence electrons. The van der Waals surface area contributed by atoms with E-state index >= 15 is 0 Å². The van der Waals surface area contributed by atoms with Gasteiger partial charge in [-0.3, -0.25) is 4.79 Å². The van der Waals surface area contributed by atoms with E-state index in [2.05, 4.69) is 10.3 Å². The molecule has 28 heavy (non-hydrogen) atoms. The van der Waals surface area contributed by atoms with E-state index < -0.39 is 0 Å². The van der Waals surface area contributed by atoms with Gasteiger partial charge in [-0.2, -0.15) is 0 Å². The first-order chi connectivity index (χ1) is 13.5. The summed E-state index contributed by atoms with van der Waals surface area (Å²) in [5, 5.41) is 2.99. The van der Waals surface area contributed by atoms with Crippen LogP contribution in [0.2, 0.25) is 0 Å². The largest absolute Gasteiger partial charge is 0.330 e. The van der Waals surface area contributed by atoms with E-state index in [1.165, 1.54) is 12.1 Å². The number of hydrogen-bond donors (Lipinski definition) is 2. The maximum atomic E-state index is 13.5. The highest BCUT2D eigenvalue weighted by Crippen LogP contribution is 2.27. The molecule has 0 bridgehead atoms. The van der Waals surface area contributed by atoms with Crippen LogP contribution in [0.15, 0.2) is 36.4 Å². The van der Waals surface area contributed by atoms with E-state index in [1.807, 2.05) is 36.7 Å². The van der Waals surface area contributed by atoms with Gasteiger partial charge >= 0.3 is 0 Å². The van der Waals surface area contributed by atoms with E-state index in [9.17, 15) is 9.18 Å². The normalized spacial score (nSPS) is 11.1. The van der Waals surface area contributed by atoms with Crippen molar-refractivity contribution in [2.45, 2.75) is 39.0 Å². The van der Waals surface area contributed by atoms with E-state index in [0.717, 1.165) is 53.8 Å².